The molecule has 1 N–H and O–H groups in total. The molecule has 2 unspecified atom stereocenters. The van der Waals surface area contributed by atoms with E-state index in [0.717, 1.165) is 13.1 Å². The summed E-state index contributed by atoms with van der Waals surface area (Å²) in [6.07, 6.45) is 5.92. The average molecular weight is 236 g/mol. The number of aryl methyl sites for hydroxylation is 1. The SMILES string of the molecule is CC1CN(C(=O)CCn2ccnc2)CC(C)N1. The number of rotatable bonds is 3. The van der Waals surface area contributed by atoms with E-state index in [9.17, 15) is 4.79 Å². The highest BCUT2D eigenvalue weighted by molar-refractivity contribution is 5.76. The molecule has 0 spiro atoms. The molecule has 1 saturated heterocycles. The van der Waals surface area contributed by atoms with Crippen molar-refractivity contribution in [3.8, 4) is 0 Å². The van der Waals surface area contributed by atoms with Gasteiger partial charge in [-0.15, -0.1) is 0 Å². The summed E-state index contributed by atoms with van der Waals surface area (Å²) in [4.78, 5) is 18.0. The molecule has 0 saturated carbocycles. The van der Waals surface area contributed by atoms with Crippen molar-refractivity contribution in [2.45, 2.75) is 38.9 Å². The molecule has 0 aliphatic carbocycles. The Morgan fingerprint density at radius 1 is 1.41 bits per heavy atom. The van der Waals surface area contributed by atoms with Crippen LogP contribution in [0.3, 0.4) is 0 Å². The summed E-state index contributed by atoms with van der Waals surface area (Å²) >= 11 is 0. The summed E-state index contributed by atoms with van der Waals surface area (Å²) in [5.41, 5.74) is 0. The Morgan fingerprint density at radius 2 is 2.12 bits per heavy atom. The maximum Gasteiger partial charge on any atom is 0.224 e. The van der Waals surface area contributed by atoms with E-state index in [4.69, 9.17) is 0 Å². The summed E-state index contributed by atoms with van der Waals surface area (Å²) in [7, 11) is 0. The second-order valence-electron chi connectivity index (χ2n) is 4.82. The number of imidazole rings is 1. The van der Waals surface area contributed by atoms with Crippen LogP contribution in [0.25, 0.3) is 0 Å². The van der Waals surface area contributed by atoms with Crippen molar-refractivity contribution in [1.82, 2.24) is 19.8 Å². The van der Waals surface area contributed by atoms with E-state index < -0.39 is 0 Å². The number of carbonyl (C=O) groups excluding carboxylic acids is 1. The fourth-order valence-electron chi connectivity index (χ4n) is 2.33. The predicted octanol–water partition coefficient (Wildman–Crippen LogP) is 0.482. The molecule has 0 aromatic carbocycles. The van der Waals surface area contributed by atoms with Crippen LogP contribution >= 0.6 is 0 Å². The van der Waals surface area contributed by atoms with E-state index in [1.54, 1.807) is 12.5 Å². The van der Waals surface area contributed by atoms with Crippen LogP contribution in [0.1, 0.15) is 20.3 Å². The van der Waals surface area contributed by atoms with Gasteiger partial charge in [0, 0.05) is 50.5 Å². The van der Waals surface area contributed by atoms with Gasteiger partial charge in [0.15, 0.2) is 0 Å². The molecule has 2 atom stereocenters. The van der Waals surface area contributed by atoms with E-state index in [0.29, 0.717) is 25.0 Å². The molecule has 94 valence electrons. The van der Waals surface area contributed by atoms with Gasteiger partial charge in [-0.3, -0.25) is 4.79 Å². The zero-order chi connectivity index (χ0) is 12.3. The molecule has 2 rings (SSSR count). The fourth-order valence-corrected chi connectivity index (χ4v) is 2.33. The standard InChI is InChI=1S/C12H20N4O/c1-10-7-16(8-11(2)14-10)12(17)3-5-15-6-4-13-9-15/h4,6,9-11,14H,3,5,7-8H2,1-2H3. The lowest BCUT2D eigenvalue weighted by Crippen LogP contribution is -2.55. The molecule has 5 nitrogen and oxygen atoms in total. The molecular weight excluding hydrogens is 216 g/mol. The smallest absolute Gasteiger partial charge is 0.224 e. The zero-order valence-electron chi connectivity index (χ0n) is 10.5. The minimum atomic E-state index is 0.235. The Hall–Kier alpha value is -1.36. The second-order valence-corrected chi connectivity index (χ2v) is 4.82. The molecule has 1 fully saturated rings. The Balaban J connectivity index is 1.83. The first-order valence-corrected chi connectivity index (χ1v) is 6.14. The third kappa shape index (κ3) is 3.30. The summed E-state index contributed by atoms with van der Waals surface area (Å²) in [6.45, 7) is 6.57. The van der Waals surface area contributed by atoms with Crippen LogP contribution in [0, 0.1) is 0 Å². The highest BCUT2D eigenvalue weighted by atomic mass is 16.2. The van der Waals surface area contributed by atoms with Crippen LogP contribution in [-0.4, -0.2) is 45.5 Å². The van der Waals surface area contributed by atoms with E-state index in [-0.39, 0.29) is 5.91 Å². The number of aromatic nitrogens is 2. The summed E-state index contributed by atoms with van der Waals surface area (Å²) in [6, 6.07) is 0.770. The molecule has 17 heavy (non-hydrogen) atoms. The Kier molecular flexibility index (Phi) is 3.78. The minimum Gasteiger partial charge on any atom is -0.340 e. The van der Waals surface area contributed by atoms with Gasteiger partial charge in [0.1, 0.15) is 0 Å². The second kappa shape index (κ2) is 5.31. The van der Waals surface area contributed by atoms with Crippen LogP contribution in [0.2, 0.25) is 0 Å². The molecule has 2 heterocycles. The van der Waals surface area contributed by atoms with Crippen molar-refractivity contribution >= 4 is 5.91 Å². The topological polar surface area (TPSA) is 50.2 Å². The van der Waals surface area contributed by atoms with Crippen LogP contribution in [0.15, 0.2) is 18.7 Å². The summed E-state index contributed by atoms with van der Waals surface area (Å²) in [5.74, 6) is 0.235. The van der Waals surface area contributed by atoms with Gasteiger partial charge in [0.05, 0.1) is 6.33 Å². The molecule has 1 aliphatic rings. The highest BCUT2D eigenvalue weighted by Crippen LogP contribution is 2.06. The van der Waals surface area contributed by atoms with Crippen molar-refractivity contribution in [2.24, 2.45) is 0 Å². The molecule has 0 bridgehead atoms. The molecule has 1 aromatic rings. The average Bonchev–Trinajstić information content (AvgIpc) is 2.77. The summed E-state index contributed by atoms with van der Waals surface area (Å²) in [5, 5.41) is 3.42. The minimum absolute atomic E-state index is 0.235. The number of amides is 1. The lowest BCUT2D eigenvalue weighted by molar-refractivity contribution is -0.133. The van der Waals surface area contributed by atoms with Gasteiger partial charge in [-0.2, -0.15) is 0 Å². The van der Waals surface area contributed by atoms with Gasteiger partial charge in [-0.05, 0) is 13.8 Å². The van der Waals surface area contributed by atoms with Gasteiger partial charge < -0.3 is 14.8 Å². The number of hydrogen-bond acceptors (Lipinski definition) is 3. The number of carbonyl (C=O) groups is 1. The molecule has 1 amide bonds. The van der Waals surface area contributed by atoms with Crippen molar-refractivity contribution < 1.29 is 4.79 Å². The molecular formula is C12H20N4O. The van der Waals surface area contributed by atoms with Crippen molar-refractivity contribution in [1.29, 1.82) is 0 Å². The van der Waals surface area contributed by atoms with Crippen molar-refractivity contribution in [3.05, 3.63) is 18.7 Å². The number of nitrogens with one attached hydrogen (secondary N) is 1. The maximum atomic E-state index is 12.0. The van der Waals surface area contributed by atoms with Gasteiger partial charge in [-0.25, -0.2) is 4.98 Å². The Bertz CT molecular complexity index is 353. The number of hydrogen-bond donors (Lipinski definition) is 1. The first-order chi connectivity index (χ1) is 8.15. The lowest BCUT2D eigenvalue weighted by Gasteiger charge is -2.36. The van der Waals surface area contributed by atoms with Crippen LogP contribution in [0.5, 0.6) is 0 Å². The van der Waals surface area contributed by atoms with Crippen LogP contribution in [0.4, 0.5) is 0 Å². The van der Waals surface area contributed by atoms with E-state index in [1.807, 2.05) is 15.7 Å². The van der Waals surface area contributed by atoms with E-state index in [1.165, 1.54) is 0 Å². The van der Waals surface area contributed by atoms with Crippen molar-refractivity contribution in [2.75, 3.05) is 13.1 Å². The first kappa shape index (κ1) is 12.1. The molecule has 5 heteroatoms. The van der Waals surface area contributed by atoms with Gasteiger partial charge in [0.25, 0.3) is 0 Å². The monoisotopic (exact) mass is 236 g/mol. The predicted molar refractivity (Wildman–Crippen MR) is 65.5 cm³/mol. The summed E-state index contributed by atoms with van der Waals surface area (Å²) < 4.78 is 1.94. The third-order valence-electron chi connectivity index (χ3n) is 3.05. The molecule has 1 aromatic heterocycles. The van der Waals surface area contributed by atoms with E-state index >= 15 is 0 Å². The number of piperazine rings is 1. The highest BCUT2D eigenvalue weighted by Gasteiger charge is 2.24. The maximum absolute atomic E-state index is 12.0. The normalized spacial score (nSPS) is 24.9. The fraction of sp³-hybridized carbons (Fsp3) is 0.667. The quantitative estimate of drug-likeness (QED) is 0.830. The van der Waals surface area contributed by atoms with Gasteiger partial charge >= 0.3 is 0 Å². The molecule has 0 radical (unpaired) electrons. The lowest BCUT2D eigenvalue weighted by atomic mass is 10.1. The zero-order valence-corrected chi connectivity index (χ0v) is 10.5. The van der Waals surface area contributed by atoms with E-state index in [2.05, 4.69) is 24.1 Å². The third-order valence-corrected chi connectivity index (χ3v) is 3.05. The first-order valence-electron chi connectivity index (χ1n) is 6.14. The van der Waals surface area contributed by atoms with Gasteiger partial charge in [0.2, 0.25) is 5.91 Å². The Morgan fingerprint density at radius 3 is 2.71 bits per heavy atom. The largest absolute Gasteiger partial charge is 0.340 e. The molecule has 1 aliphatic heterocycles. The Labute approximate surface area is 102 Å². The van der Waals surface area contributed by atoms with Crippen molar-refractivity contribution in [3.63, 3.8) is 0 Å². The van der Waals surface area contributed by atoms with Crippen LogP contribution < -0.4 is 5.32 Å². The van der Waals surface area contributed by atoms with Gasteiger partial charge in [-0.1, -0.05) is 0 Å². The van der Waals surface area contributed by atoms with Crippen LogP contribution in [-0.2, 0) is 11.3 Å². The number of nitrogens with zero attached hydrogens (tertiary/aromatic N) is 3.